The molecule has 1 atom stereocenters. The Morgan fingerprint density at radius 1 is 1.04 bits per heavy atom. The van der Waals surface area contributed by atoms with E-state index in [4.69, 9.17) is 37.9 Å². The van der Waals surface area contributed by atoms with E-state index in [1.54, 1.807) is 18.2 Å². The van der Waals surface area contributed by atoms with Crippen molar-refractivity contribution in [3.05, 3.63) is 75.8 Å². The van der Waals surface area contributed by atoms with Crippen LogP contribution in [0, 0.1) is 0 Å². The van der Waals surface area contributed by atoms with E-state index in [0.29, 0.717) is 0 Å². The Bertz CT molecular complexity index is 973. The first-order chi connectivity index (χ1) is 11.8. The molecule has 9 heteroatoms. The molecule has 1 unspecified atom stereocenters. The van der Waals surface area contributed by atoms with Gasteiger partial charge in [0.2, 0.25) is 17.4 Å². The van der Waals surface area contributed by atoms with Gasteiger partial charge in [-0.1, -0.05) is 53.5 Å². The summed E-state index contributed by atoms with van der Waals surface area (Å²) < 4.78 is 34.7. The fraction of sp³-hybridized carbons (Fsp3) is 0.0625. The quantitative estimate of drug-likeness (QED) is 0.793. The zero-order valence-electron chi connectivity index (χ0n) is 12.5. The van der Waals surface area contributed by atoms with Crippen molar-refractivity contribution in [2.24, 2.45) is 5.73 Å². The molecule has 0 amide bonds. The van der Waals surface area contributed by atoms with Crippen molar-refractivity contribution < 1.29 is 22.1 Å². The van der Waals surface area contributed by atoms with Gasteiger partial charge in [-0.05, 0) is 18.2 Å². The molecule has 0 saturated carbocycles. The van der Waals surface area contributed by atoms with E-state index < -0.39 is 33.6 Å². The maximum absolute atomic E-state index is 12.5. The van der Waals surface area contributed by atoms with Crippen molar-refractivity contribution in [3.8, 4) is 0 Å². The minimum absolute atomic E-state index is 0.113. The van der Waals surface area contributed by atoms with Crippen LogP contribution in [-0.4, -0.2) is 14.2 Å². The second kappa shape index (κ2) is 6.59. The van der Waals surface area contributed by atoms with E-state index in [0.717, 1.165) is 0 Å². The largest absolute Gasteiger partial charge is 0.460 e. The second-order valence-electron chi connectivity index (χ2n) is 5.05. The summed E-state index contributed by atoms with van der Waals surface area (Å²) in [6.07, 6.45) is -1.23. The Balaban J connectivity index is 1.90. The topological polar surface area (TPSA) is 95.7 Å². The summed E-state index contributed by atoms with van der Waals surface area (Å²) in [5, 5.41) is 0.336. The summed E-state index contributed by atoms with van der Waals surface area (Å²) in [7, 11) is -4.23. The van der Waals surface area contributed by atoms with E-state index in [2.05, 4.69) is 0 Å². The molecule has 25 heavy (non-hydrogen) atoms. The lowest BCUT2D eigenvalue weighted by molar-refractivity contribution is -0.123. The van der Waals surface area contributed by atoms with Crippen LogP contribution >= 0.6 is 23.2 Å². The molecule has 1 aliphatic rings. The van der Waals surface area contributed by atoms with Crippen molar-refractivity contribution in [2.45, 2.75) is 11.0 Å². The number of ketones is 1. The Labute approximate surface area is 153 Å². The number of Topliss-reactive ketones (excluding diaryl/α,β-unsaturated/α-hetero) is 1. The number of rotatable bonds is 4. The SMILES string of the molecule is NC1=C(OS(=O)(=O)c2ccccc2)C(=O)C(c2cccc(Cl)c2Cl)O1. The number of nitrogens with two attached hydrogens (primary N) is 1. The molecule has 2 N–H and O–H groups in total. The van der Waals surface area contributed by atoms with E-state index >= 15 is 0 Å². The van der Waals surface area contributed by atoms with Crippen LogP contribution < -0.4 is 5.73 Å². The van der Waals surface area contributed by atoms with Gasteiger partial charge in [0.25, 0.3) is 0 Å². The van der Waals surface area contributed by atoms with Gasteiger partial charge in [0.05, 0.1) is 10.0 Å². The Morgan fingerprint density at radius 2 is 1.72 bits per heavy atom. The fourth-order valence-electron chi connectivity index (χ4n) is 2.23. The van der Waals surface area contributed by atoms with Crippen LogP contribution in [0.2, 0.25) is 10.0 Å². The van der Waals surface area contributed by atoms with Crippen LogP contribution in [0.3, 0.4) is 0 Å². The lowest BCUT2D eigenvalue weighted by Gasteiger charge is -2.12. The molecular formula is C16H11Cl2NO5S. The third-order valence-corrected chi connectivity index (χ3v) is 5.49. The molecule has 0 spiro atoms. The molecule has 0 radical (unpaired) electrons. The van der Waals surface area contributed by atoms with Gasteiger partial charge in [0.15, 0.2) is 6.10 Å². The average Bonchev–Trinajstić information content (AvgIpc) is 2.86. The zero-order chi connectivity index (χ0) is 18.2. The third-order valence-electron chi connectivity index (χ3n) is 3.42. The Morgan fingerprint density at radius 3 is 2.40 bits per heavy atom. The molecule has 0 saturated heterocycles. The van der Waals surface area contributed by atoms with E-state index in [1.807, 2.05) is 0 Å². The molecule has 1 aliphatic heterocycles. The summed E-state index contributed by atoms with van der Waals surface area (Å²) in [5.74, 6) is -1.79. The number of carbonyl (C=O) groups is 1. The maximum Gasteiger partial charge on any atom is 0.339 e. The minimum Gasteiger partial charge on any atom is -0.460 e. The van der Waals surface area contributed by atoms with Gasteiger partial charge < -0.3 is 14.7 Å². The lowest BCUT2D eigenvalue weighted by atomic mass is 10.1. The molecule has 3 rings (SSSR count). The summed E-state index contributed by atoms with van der Waals surface area (Å²) in [5.41, 5.74) is 5.90. The summed E-state index contributed by atoms with van der Waals surface area (Å²) in [6, 6.07) is 12.0. The first-order valence-electron chi connectivity index (χ1n) is 6.95. The van der Waals surface area contributed by atoms with Crippen molar-refractivity contribution in [2.75, 3.05) is 0 Å². The average molecular weight is 400 g/mol. The first kappa shape index (κ1) is 17.6. The maximum atomic E-state index is 12.5. The lowest BCUT2D eigenvalue weighted by Crippen LogP contribution is -2.15. The standard InChI is InChI=1S/C16H11Cl2NO5S/c17-11-8-4-7-10(12(11)18)14-13(20)15(16(19)23-14)24-25(21,22)9-5-2-1-3-6-9/h1-8,14H,19H2. The van der Waals surface area contributed by atoms with Gasteiger partial charge in [-0.3, -0.25) is 4.79 Å². The van der Waals surface area contributed by atoms with Crippen LogP contribution in [-0.2, 0) is 23.8 Å². The molecule has 2 aromatic carbocycles. The predicted octanol–water partition coefficient (Wildman–Crippen LogP) is 3.17. The van der Waals surface area contributed by atoms with Gasteiger partial charge >= 0.3 is 10.1 Å². The monoisotopic (exact) mass is 399 g/mol. The van der Waals surface area contributed by atoms with Crippen LogP contribution in [0.1, 0.15) is 11.7 Å². The van der Waals surface area contributed by atoms with Gasteiger partial charge in [-0.2, -0.15) is 8.42 Å². The highest BCUT2D eigenvalue weighted by Crippen LogP contribution is 2.38. The molecule has 130 valence electrons. The molecule has 6 nitrogen and oxygen atoms in total. The molecule has 0 aromatic heterocycles. The highest BCUT2D eigenvalue weighted by atomic mass is 35.5. The van der Waals surface area contributed by atoms with Gasteiger partial charge in [-0.25, -0.2) is 0 Å². The van der Waals surface area contributed by atoms with E-state index in [1.165, 1.54) is 30.3 Å². The van der Waals surface area contributed by atoms with Crippen molar-refractivity contribution in [1.82, 2.24) is 0 Å². The fourth-order valence-corrected chi connectivity index (χ4v) is 3.61. The second-order valence-corrected chi connectivity index (χ2v) is 7.38. The first-order valence-corrected chi connectivity index (χ1v) is 9.12. The number of carbonyl (C=O) groups excluding carboxylic acids is 1. The highest BCUT2D eigenvalue weighted by Gasteiger charge is 2.40. The molecular weight excluding hydrogens is 389 g/mol. The third kappa shape index (κ3) is 3.30. The molecule has 2 aromatic rings. The van der Waals surface area contributed by atoms with E-state index in [-0.39, 0.29) is 20.5 Å². The van der Waals surface area contributed by atoms with Gasteiger partial charge in [0, 0.05) is 5.56 Å². The summed E-state index contributed by atoms with van der Waals surface area (Å²) in [6.45, 7) is 0. The van der Waals surface area contributed by atoms with Crippen LogP contribution in [0.15, 0.2) is 65.1 Å². The van der Waals surface area contributed by atoms with E-state index in [9.17, 15) is 13.2 Å². The molecule has 0 fully saturated rings. The number of ether oxygens (including phenoxy) is 1. The van der Waals surface area contributed by atoms with Crippen molar-refractivity contribution in [1.29, 1.82) is 0 Å². The normalized spacial score (nSPS) is 17.5. The van der Waals surface area contributed by atoms with Crippen LogP contribution in [0.5, 0.6) is 0 Å². The molecule has 1 heterocycles. The molecule has 0 aliphatic carbocycles. The zero-order valence-corrected chi connectivity index (χ0v) is 14.8. The Hall–Kier alpha value is -2.22. The van der Waals surface area contributed by atoms with Crippen molar-refractivity contribution >= 4 is 39.1 Å². The van der Waals surface area contributed by atoms with Gasteiger partial charge in [-0.15, -0.1) is 0 Å². The highest BCUT2D eigenvalue weighted by molar-refractivity contribution is 7.86. The smallest absolute Gasteiger partial charge is 0.339 e. The van der Waals surface area contributed by atoms with Gasteiger partial charge in [0.1, 0.15) is 4.90 Å². The number of halogens is 2. The number of hydrogen-bond donors (Lipinski definition) is 1. The number of hydrogen-bond acceptors (Lipinski definition) is 6. The van der Waals surface area contributed by atoms with Crippen LogP contribution in [0.25, 0.3) is 0 Å². The number of benzene rings is 2. The molecule has 0 bridgehead atoms. The van der Waals surface area contributed by atoms with Crippen LogP contribution in [0.4, 0.5) is 0 Å². The van der Waals surface area contributed by atoms with Crippen molar-refractivity contribution in [3.63, 3.8) is 0 Å². The summed E-state index contributed by atoms with van der Waals surface area (Å²) in [4.78, 5) is 12.4. The predicted molar refractivity (Wildman–Crippen MR) is 91.2 cm³/mol. The minimum atomic E-state index is -4.23. The Kier molecular flexibility index (Phi) is 4.64. The summed E-state index contributed by atoms with van der Waals surface area (Å²) >= 11 is 12.0.